The van der Waals surface area contributed by atoms with Gasteiger partial charge in [0.05, 0.1) is 16.8 Å². The SMILES string of the molecule is CCC1=Cc2cc(B3OC(C)(C)C(C)(C)O3)cc(C(F)(F)F)c2C1. The Morgan fingerprint density at radius 2 is 1.67 bits per heavy atom. The number of hydrogen-bond acceptors (Lipinski definition) is 2. The lowest BCUT2D eigenvalue weighted by Crippen LogP contribution is -2.41. The monoisotopic (exact) mass is 338 g/mol. The van der Waals surface area contributed by atoms with Gasteiger partial charge in [0.2, 0.25) is 0 Å². The van der Waals surface area contributed by atoms with E-state index < -0.39 is 30.1 Å². The summed E-state index contributed by atoms with van der Waals surface area (Å²) in [6, 6.07) is 2.96. The number of benzene rings is 1. The van der Waals surface area contributed by atoms with E-state index in [1.54, 1.807) is 6.07 Å². The molecular formula is C18H22BF3O2. The number of alkyl halides is 3. The van der Waals surface area contributed by atoms with Crippen LogP contribution in [0.25, 0.3) is 6.08 Å². The molecule has 1 aromatic carbocycles. The lowest BCUT2D eigenvalue weighted by molar-refractivity contribution is -0.138. The first kappa shape index (κ1) is 17.6. The third kappa shape index (κ3) is 2.80. The van der Waals surface area contributed by atoms with E-state index in [0.29, 0.717) is 23.0 Å². The molecule has 2 aliphatic rings. The Labute approximate surface area is 141 Å². The van der Waals surface area contributed by atoms with Crippen LogP contribution in [-0.2, 0) is 21.9 Å². The van der Waals surface area contributed by atoms with Gasteiger partial charge in [0.25, 0.3) is 0 Å². The molecule has 130 valence electrons. The summed E-state index contributed by atoms with van der Waals surface area (Å²) in [5.74, 6) is 0. The summed E-state index contributed by atoms with van der Waals surface area (Å²) in [6.07, 6.45) is -1.41. The Morgan fingerprint density at radius 3 is 2.17 bits per heavy atom. The van der Waals surface area contributed by atoms with Crippen molar-refractivity contribution in [1.82, 2.24) is 0 Å². The molecule has 3 rings (SSSR count). The normalized spacial score (nSPS) is 21.8. The molecule has 1 aliphatic heterocycles. The first-order valence-corrected chi connectivity index (χ1v) is 8.24. The summed E-state index contributed by atoms with van der Waals surface area (Å²) < 4.78 is 52.5. The molecule has 0 bridgehead atoms. The molecule has 6 heteroatoms. The topological polar surface area (TPSA) is 18.5 Å². The highest BCUT2D eigenvalue weighted by Crippen LogP contribution is 2.40. The number of halogens is 3. The van der Waals surface area contributed by atoms with Crippen LogP contribution in [0.1, 0.15) is 57.7 Å². The Bertz CT molecular complexity index is 689. The molecule has 1 heterocycles. The standard InChI is InChI=1S/C18H22BF3O2/c1-6-11-7-12-9-13(10-15(14(12)8-11)18(20,21)22)19-23-16(2,3)17(4,5)24-19/h7,9-10H,6,8H2,1-5H3. The van der Waals surface area contributed by atoms with E-state index in [0.717, 1.165) is 12.0 Å². The van der Waals surface area contributed by atoms with E-state index in [2.05, 4.69) is 0 Å². The molecular weight excluding hydrogens is 316 g/mol. The number of hydrogen-bond donors (Lipinski definition) is 0. The molecule has 1 aromatic rings. The summed E-state index contributed by atoms with van der Waals surface area (Å²) in [5.41, 5.74) is 0.684. The molecule has 24 heavy (non-hydrogen) atoms. The predicted molar refractivity (Wildman–Crippen MR) is 89.1 cm³/mol. The Kier molecular flexibility index (Phi) is 3.92. The summed E-state index contributed by atoms with van der Waals surface area (Å²) in [5, 5.41) is 0. The van der Waals surface area contributed by atoms with Gasteiger partial charge in [-0.15, -0.1) is 0 Å². The minimum atomic E-state index is -4.39. The van der Waals surface area contributed by atoms with Crippen molar-refractivity contribution in [1.29, 1.82) is 0 Å². The molecule has 1 aliphatic carbocycles. The highest BCUT2D eigenvalue weighted by atomic mass is 19.4. The highest BCUT2D eigenvalue weighted by Gasteiger charge is 2.52. The summed E-state index contributed by atoms with van der Waals surface area (Å²) in [6.45, 7) is 9.51. The molecule has 0 saturated carbocycles. The van der Waals surface area contributed by atoms with Crippen molar-refractivity contribution in [3.05, 3.63) is 34.4 Å². The Morgan fingerprint density at radius 1 is 1.08 bits per heavy atom. The van der Waals surface area contributed by atoms with Crippen LogP contribution in [0.3, 0.4) is 0 Å². The molecule has 0 radical (unpaired) electrons. The van der Waals surface area contributed by atoms with Gasteiger partial charge in [-0.2, -0.15) is 13.2 Å². The van der Waals surface area contributed by atoms with Crippen molar-refractivity contribution in [2.45, 2.75) is 64.8 Å². The fourth-order valence-electron chi connectivity index (χ4n) is 3.14. The van der Waals surface area contributed by atoms with Gasteiger partial charge < -0.3 is 9.31 Å². The van der Waals surface area contributed by atoms with Gasteiger partial charge in [-0.05, 0) is 63.2 Å². The van der Waals surface area contributed by atoms with Gasteiger partial charge in [0.15, 0.2) is 0 Å². The van der Waals surface area contributed by atoms with Gasteiger partial charge in [-0.25, -0.2) is 0 Å². The number of allylic oxidation sites excluding steroid dienone is 1. The Hall–Kier alpha value is -1.27. The zero-order chi connectivity index (χ0) is 17.9. The molecule has 0 unspecified atom stereocenters. The predicted octanol–water partition coefficient (Wildman–Crippen LogP) is 4.35. The van der Waals surface area contributed by atoms with Gasteiger partial charge in [0, 0.05) is 0 Å². The molecule has 0 aromatic heterocycles. The minimum Gasteiger partial charge on any atom is -0.399 e. The Balaban J connectivity index is 2.06. The maximum Gasteiger partial charge on any atom is 0.494 e. The second-order valence-corrected chi connectivity index (χ2v) is 7.56. The smallest absolute Gasteiger partial charge is 0.399 e. The molecule has 1 fully saturated rings. The third-order valence-electron chi connectivity index (χ3n) is 5.36. The van der Waals surface area contributed by atoms with Crippen molar-refractivity contribution in [2.24, 2.45) is 0 Å². The van der Waals surface area contributed by atoms with Crippen molar-refractivity contribution in [3.63, 3.8) is 0 Å². The second kappa shape index (κ2) is 5.36. The van der Waals surface area contributed by atoms with Gasteiger partial charge in [0.1, 0.15) is 0 Å². The van der Waals surface area contributed by atoms with E-state index in [-0.39, 0.29) is 0 Å². The van der Waals surface area contributed by atoms with Crippen LogP contribution in [0, 0.1) is 0 Å². The van der Waals surface area contributed by atoms with Crippen LogP contribution >= 0.6 is 0 Å². The maximum atomic E-state index is 13.5. The molecule has 0 N–H and O–H groups in total. The summed E-state index contributed by atoms with van der Waals surface area (Å²) in [4.78, 5) is 0. The van der Waals surface area contributed by atoms with Crippen LogP contribution in [0.2, 0.25) is 0 Å². The average molecular weight is 338 g/mol. The van der Waals surface area contributed by atoms with E-state index >= 15 is 0 Å². The highest BCUT2D eigenvalue weighted by molar-refractivity contribution is 6.62. The van der Waals surface area contributed by atoms with Crippen LogP contribution in [-0.4, -0.2) is 18.3 Å². The lowest BCUT2D eigenvalue weighted by Gasteiger charge is -2.32. The van der Waals surface area contributed by atoms with E-state index in [4.69, 9.17) is 9.31 Å². The average Bonchev–Trinajstić information content (AvgIpc) is 2.94. The van der Waals surface area contributed by atoms with Crippen molar-refractivity contribution in [3.8, 4) is 0 Å². The third-order valence-corrected chi connectivity index (χ3v) is 5.36. The number of fused-ring (bicyclic) bond motifs is 1. The largest absolute Gasteiger partial charge is 0.494 e. The van der Waals surface area contributed by atoms with Crippen LogP contribution in [0.5, 0.6) is 0 Å². The zero-order valence-electron chi connectivity index (χ0n) is 14.7. The van der Waals surface area contributed by atoms with Crippen molar-refractivity contribution in [2.75, 3.05) is 0 Å². The van der Waals surface area contributed by atoms with Crippen molar-refractivity contribution >= 4 is 18.7 Å². The molecule has 1 saturated heterocycles. The van der Waals surface area contributed by atoms with Crippen molar-refractivity contribution < 1.29 is 22.5 Å². The lowest BCUT2D eigenvalue weighted by atomic mass is 9.76. The van der Waals surface area contributed by atoms with Gasteiger partial charge in [-0.3, -0.25) is 0 Å². The van der Waals surface area contributed by atoms with E-state index in [1.807, 2.05) is 40.7 Å². The first-order valence-electron chi connectivity index (χ1n) is 8.24. The van der Waals surface area contributed by atoms with Gasteiger partial charge >= 0.3 is 13.3 Å². The fraction of sp³-hybridized carbons (Fsp3) is 0.556. The zero-order valence-corrected chi connectivity index (χ0v) is 14.7. The fourth-order valence-corrected chi connectivity index (χ4v) is 3.14. The summed E-state index contributed by atoms with van der Waals surface area (Å²) >= 11 is 0. The quantitative estimate of drug-likeness (QED) is 0.747. The van der Waals surface area contributed by atoms with E-state index in [1.165, 1.54) is 6.07 Å². The van der Waals surface area contributed by atoms with Crippen LogP contribution in [0.4, 0.5) is 13.2 Å². The molecule has 0 amide bonds. The van der Waals surface area contributed by atoms with Crippen LogP contribution in [0.15, 0.2) is 17.7 Å². The minimum absolute atomic E-state index is 0.361. The molecule has 0 atom stereocenters. The van der Waals surface area contributed by atoms with Crippen LogP contribution < -0.4 is 5.46 Å². The van der Waals surface area contributed by atoms with E-state index in [9.17, 15) is 13.2 Å². The molecule has 2 nitrogen and oxygen atoms in total. The van der Waals surface area contributed by atoms with Gasteiger partial charge in [-0.1, -0.05) is 24.6 Å². The summed E-state index contributed by atoms with van der Waals surface area (Å²) in [7, 11) is -0.791. The maximum absolute atomic E-state index is 13.5. The second-order valence-electron chi connectivity index (χ2n) is 7.56. The first-order chi connectivity index (χ1) is 10.9. The number of rotatable bonds is 2. The molecule has 0 spiro atoms.